The molecule has 0 aromatic heterocycles. The van der Waals surface area contributed by atoms with Crippen molar-refractivity contribution < 1.29 is 0 Å². The lowest BCUT2D eigenvalue weighted by Gasteiger charge is -2.32. The summed E-state index contributed by atoms with van der Waals surface area (Å²) in [5, 5.41) is 3.41. The van der Waals surface area contributed by atoms with Gasteiger partial charge in [-0.05, 0) is 27.8 Å². The molecule has 12 heavy (non-hydrogen) atoms. The lowest BCUT2D eigenvalue weighted by atomic mass is 10.1. The fourth-order valence-corrected chi connectivity index (χ4v) is 0.856. The van der Waals surface area contributed by atoms with E-state index in [1.807, 2.05) is 0 Å². The number of rotatable bonds is 4. The zero-order chi connectivity index (χ0) is 9.78. The average Bonchev–Trinajstić information content (AvgIpc) is 1.84. The molecule has 0 unspecified atom stereocenters. The van der Waals surface area contributed by atoms with Crippen LogP contribution in [0.3, 0.4) is 0 Å². The smallest absolute Gasteiger partial charge is 0.0122 e. The first kappa shape index (κ1) is 11.9. The molecule has 0 saturated carbocycles. The van der Waals surface area contributed by atoms with Crippen LogP contribution < -0.4 is 5.32 Å². The van der Waals surface area contributed by atoms with E-state index in [1.54, 1.807) is 0 Å². The fourth-order valence-electron chi connectivity index (χ4n) is 0.856. The summed E-state index contributed by atoms with van der Waals surface area (Å²) in [6, 6.07) is 0.596. The summed E-state index contributed by atoms with van der Waals surface area (Å²) in [5.74, 6) is 0. The molecule has 0 spiro atoms. The Balaban J connectivity index is 3.51. The molecule has 0 fully saturated rings. The molecule has 0 amide bonds. The molecule has 2 heteroatoms. The van der Waals surface area contributed by atoms with Gasteiger partial charge in [0.2, 0.25) is 0 Å². The molecule has 0 aliphatic rings. The van der Waals surface area contributed by atoms with Gasteiger partial charge in [-0.15, -0.1) is 0 Å². The van der Waals surface area contributed by atoms with Gasteiger partial charge in [0.1, 0.15) is 0 Å². The third kappa shape index (κ3) is 5.56. The number of nitrogens with zero attached hydrogens (tertiary/aromatic N) is 1. The third-order valence-electron chi connectivity index (χ3n) is 2.14. The molecule has 0 heterocycles. The van der Waals surface area contributed by atoms with Gasteiger partial charge in [0.15, 0.2) is 0 Å². The van der Waals surface area contributed by atoms with Crippen LogP contribution >= 0.6 is 0 Å². The van der Waals surface area contributed by atoms with Crippen LogP contribution in [0.5, 0.6) is 0 Å². The van der Waals surface area contributed by atoms with Crippen LogP contribution in [0, 0.1) is 0 Å². The van der Waals surface area contributed by atoms with Crippen molar-refractivity contribution in [2.24, 2.45) is 0 Å². The Labute approximate surface area is 77.3 Å². The molecule has 0 aliphatic carbocycles. The summed E-state index contributed by atoms with van der Waals surface area (Å²) in [6.45, 7) is 13.3. The molecule has 0 bridgehead atoms. The Hall–Kier alpha value is -0.0800. The van der Waals surface area contributed by atoms with Gasteiger partial charge in [-0.2, -0.15) is 0 Å². The van der Waals surface area contributed by atoms with Crippen LogP contribution in [0.1, 0.15) is 34.6 Å². The topological polar surface area (TPSA) is 15.3 Å². The fraction of sp³-hybridized carbons (Fsp3) is 1.00. The number of likely N-dealkylation sites (N-methyl/N-ethyl adjacent to an activating group) is 1. The van der Waals surface area contributed by atoms with Crippen molar-refractivity contribution in [3.05, 3.63) is 0 Å². The van der Waals surface area contributed by atoms with Crippen molar-refractivity contribution in [2.45, 2.75) is 46.2 Å². The molecular formula is C10H24N2. The lowest BCUT2D eigenvalue weighted by Crippen LogP contribution is -2.42. The third-order valence-corrected chi connectivity index (χ3v) is 2.14. The summed E-state index contributed by atoms with van der Waals surface area (Å²) < 4.78 is 0. The van der Waals surface area contributed by atoms with Crippen molar-refractivity contribution in [1.82, 2.24) is 10.2 Å². The zero-order valence-electron chi connectivity index (χ0n) is 9.44. The Morgan fingerprint density at radius 2 is 1.75 bits per heavy atom. The van der Waals surface area contributed by atoms with E-state index in [4.69, 9.17) is 0 Å². The van der Waals surface area contributed by atoms with Crippen molar-refractivity contribution >= 4 is 0 Å². The molecule has 0 radical (unpaired) electrons. The summed E-state index contributed by atoms with van der Waals surface area (Å²) in [6.07, 6.45) is 0. The molecular weight excluding hydrogens is 148 g/mol. The minimum absolute atomic E-state index is 0.290. The highest BCUT2D eigenvalue weighted by Crippen LogP contribution is 2.08. The minimum atomic E-state index is 0.290. The second kappa shape index (κ2) is 4.83. The predicted octanol–water partition coefficient (Wildman–Crippen LogP) is 1.71. The van der Waals surface area contributed by atoms with Gasteiger partial charge in [-0.1, -0.05) is 13.8 Å². The highest BCUT2D eigenvalue weighted by atomic mass is 15.2. The van der Waals surface area contributed by atoms with Crippen molar-refractivity contribution in [2.75, 3.05) is 20.1 Å². The SMILES string of the molecule is CC(C)NCCN(C)C(C)(C)C. The highest BCUT2D eigenvalue weighted by Gasteiger charge is 2.15. The quantitative estimate of drug-likeness (QED) is 0.694. The van der Waals surface area contributed by atoms with Crippen LogP contribution in [0.2, 0.25) is 0 Å². The lowest BCUT2D eigenvalue weighted by molar-refractivity contribution is 0.175. The number of hydrogen-bond donors (Lipinski definition) is 1. The number of nitrogens with one attached hydrogen (secondary N) is 1. The maximum Gasteiger partial charge on any atom is 0.0122 e. The van der Waals surface area contributed by atoms with E-state index in [9.17, 15) is 0 Å². The Bertz CT molecular complexity index is 113. The maximum atomic E-state index is 3.41. The first-order chi connectivity index (χ1) is 5.34. The zero-order valence-corrected chi connectivity index (χ0v) is 9.44. The summed E-state index contributed by atoms with van der Waals surface area (Å²) in [4.78, 5) is 2.36. The molecule has 2 nitrogen and oxygen atoms in total. The highest BCUT2D eigenvalue weighted by molar-refractivity contribution is 4.73. The molecule has 0 saturated heterocycles. The summed E-state index contributed by atoms with van der Waals surface area (Å²) >= 11 is 0. The van der Waals surface area contributed by atoms with E-state index in [2.05, 4.69) is 51.9 Å². The van der Waals surface area contributed by atoms with Crippen LogP contribution in [0.15, 0.2) is 0 Å². The molecule has 74 valence electrons. The van der Waals surface area contributed by atoms with Gasteiger partial charge in [-0.25, -0.2) is 0 Å². The van der Waals surface area contributed by atoms with E-state index < -0.39 is 0 Å². The number of hydrogen-bond acceptors (Lipinski definition) is 2. The molecule has 0 rings (SSSR count). The standard InChI is InChI=1S/C10H24N2/c1-9(2)11-7-8-12(6)10(3,4)5/h9,11H,7-8H2,1-6H3. The average molecular weight is 172 g/mol. The van der Waals surface area contributed by atoms with Crippen molar-refractivity contribution in [3.63, 3.8) is 0 Å². The van der Waals surface area contributed by atoms with Gasteiger partial charge in [0.25, 0.3) is 0 Å². The Kier molecular flexibility index (Phi) is 4.80. The first-order valence-electron chi connectivity index (χ1n) is 4.78. The van der Waals surface area contributed by atoms with Gasteiger partial charge in [0, 0.05) is 24.7 Å². The summed E-state index contributed by atoms with van der Waals surface area (Å²) in [5.41, 5.74) is 0.290. The van der Waals surface area contributed by atoms with Crippen LogP contribution in [-0.2, 0) is 0 Å². The molecule has 1 N–H and O–H groups in total. The predicted molar refractivity (Wildman–Crippen MR) is 55.5 cm³/mol. The van der Waals surface area contributed by atoms with Crippen LogP contribution in [-0.4, -0.2) is 36.6 Å². The normalized spacial score (nSPS) is 13.0. The maximum absolute atomic E-state index is 3.41. The minimum Gasteiger partial charge on any atom is -0.313 e. The molecule has 0 atom stereocenters. The monoisotopic (exact) mass is 172 g/mol. The van der Waals surface area contributed by atoms with Crippen LogP contribution in [0.4, 0.5) is 0 Å². The van der Waals surface area contributed by atoms with E-state index in [1.165, 1.54) is 0 Å². The van der Waals surface area contributed by atoms with E-state index >= 15 is 0 Å². The molecule has 0 aliphatic heterocycles. The largest absolute Gasteiger partial charge is 0.313 e. The van der Waals surface area contributed by atoms with E-state index in [0.717, 1.165) is 13.1 Å². The second-order valence-electron chi connectivity index (χ2n) is 4.70. The molecule has 0 aromatic rings. The van der Waals surface area contributed by atoms with Crippen molar-refractivity contribution in [3.8, 4) is 0 Å². The first-order valence-corrected chi connectivity index (χ1v) is 4.78. The Morgan fingerprint density at radius 3 is 2.08 bits per heavy atom. The van der Waals surface area contributed by atoms with Crippen molar-refractivity contribution in [1.29, 1.82) is 0 Å². The molecule has 0 aromatic carbocycles. The van der Waals surface area contributed by atoms with Gasteiger partial charge < -0.3 is 10.2 Å². The van der Waals surface area contributed by atoms with Gasteiger partial charge in [-0.3, -0.25) is 0 Å². The van der Waals surface area contributed by atoms with E-state index in [-0.39, 0.29) is 0 Å². The van der Waals surface area contributed by atoms with Gasteiger partial charge in [0.05, 0.1) is 0 Å². The second-order valence-corrected chi connectivity index (χ2v) is 4.70. The van der Waals surface area contributed by atoms with Gasteiger partial charge >= 0.3 is 0 Å². The van der Waals surface area contributed by atoms with Crippen LogP contribution in [0.25, 0.3) is 0 Å². The summed E-state index contributed by atoms with van der Waals surface area (Å²) in [7, 11) is 2.17. The Morgan fingerprint density at radius 1 is 1.25 bits per heavy atom. The van der Waals surface area contributed by atoms with E-state index in [0.29, 0.717) is 11.6 Å².